The highest BCUT2D eigenvalue weighted by Crippen LogP contribution is 2.17. The maximum Gasteiger partial charge on any atom is 0.0134 e. The first-order valence-electron chi connectivity index (χ1n) is 3.82. The van der Waals surface area contributed by atoms with E-state index in [1.807, 2.05) is 6.08 Å². The summed E-state index contributed by atoms with van der Waals surface area (Å²) in [6.45, 7) is 13.4. The molecule has 0 aromatic heterocycles. The van der Waals surface area contributed by atoms with Crippen LogP contribution in [0.4, 0.5) is 0 Å². The van der Waals surface area contributed by atoms with Crippen LogP contribution >= 0.6 is 0 Å². The van der Waals surface area contributed by atoms with Gasteiger partial charge in [-0.25, -0.2) is 0 Å². The van der Waals surface area contributed by atoms with Crippen molar-refractivity contribution in [1.82, 2.24) is 5.32 Å². The fourth-order valence-corrected chi connectivity index (χ4v) is 0.566. The van der Waals surface area contributed by atoms with Gasteiger partial charge in [0.15, 0.2) is 0 Å². The molecule has 10 heavy (non-hydrogen) atoms. The smallest absolute Gasteiger partial charge is 0.0134 e. The third-order valence-electron chi connectivity index (χ3n) is 1.87. The Balaban J connectivity index is 3.61. The predicted octanol–water partition coefficient (Wildman–Crippen LogP) is 2.20. The molecule has 1 N–H and O–H groups in total. The molecule has 0 bridgehead atoms. The van der Waals surface area contributed by atoms with Crippen molar-refractivity contribution in [1.29, 1.82) is 0 Å². The summed E-state index contributed by atoms with van der Waals surface area (Å²) in [5, 5.41) is 3.35. The molecule has 0 amide bonds. The van der Waals surface area contributed by atoms with Crippen LogP contribution in [-0.2, 0) is 0 Å². The Labute approximate surface area is 64.5 Å². The van der Waals surface area contributed by atoms with Gasteiger partial charge in [-0.2, -0.15) is 0 Å². The molecule has 0 rings (SSSR count). The molecule has 0 aliphatic rings. The van der Waals surface area contributed by atoms with Gasteiger partial charge in [0, 0.05) is 12.6 Å². The molecule has 0 saturated heterocycles. The fraction of sp³-hybridized carbons (Fsp3) is 0.778. The largest absolute Gasteiger partial charge is 0.310 e. The maximum absolute atomic E-state index is 3.65. The van der Waals surface area contributed by atoms with Crippen molar-refractivity contribution in [3.63, 3.8) is 0 Å². The van der Waals surface area contributed by atoms with Crippen LogP contribution in [0.1, 0.15) is 27.7 Å². The van der Waals surface area contributed by atoms with Gasteiger partial charge in [0.25, 0.3) is 0 Å². The molecule has 0 aromatic rings. The van der Waals surface area contributed by atoms with Gasteiger partial charge in [0.05, 0.1) is 0 Å². The van der Waals surface area contributed by atoms with E-state index >= 15 is 0 Å². The zero-order chi connectivity index (χ0) is 8.20. The SMILES string of the molecule is C=CCNC(C)C(C)(C)C. The zero-order valence-electron chi connectivity index (χ0n) is 7.57. The van der Waals surface area contributed by atoms with E-state index in [1.54, 1.807) is 0 Å². The second-order valence-electron chi connectivity index (χ2n) is 3.78. The highest BCUT2D eigenvalue weighted by atomic mass is 14.9. The molecule has 1 heteroatoms. The lowest BCUT2D eigenvalue weighted by molar-refractivity contribution is 0.294. The molecule has 0 aliphatic heterocycles. The molecule has 0 fully saturated rings. The average Bonchev–Trinajstić information content (AvgIpc) is 1.80. The van der Waals surface area contributed by atoms with E-state index in [2.05, 4.69) is 39.6 Å². The fourth-order valence-electron chi connectivity index (χ4n) is 0.566. The summed E-state index contributed by atoms with van der Waals surface area (Å²) in [5.74, 6) is 0. The van der Waals surface area contributed by atoms with Crippen molar-refractivity contribution in [2.24, 2.45) is 5.41 Å². The average molecular weight is 141 g/mol. The van der Waals surface area contributed by atoms with Crippen LogP contribution in [0.5, 0.6) is 0 Å². The van der Waals surface area contributed by atoms with Crippen molar-refractivity contribution < 1.29 is 0 Å². The van der Waals surface area contributed by atoms with Gasteiger partial charge in [-0.15, -0.1) is 6.58 Å². The summed E-state index contributed by atoms with van der Waals surface area (Å²) in [6.07, 6.45) is 1.89. The van der Waals surface area contributed by atoms with Gasteiger partial charge in [-0.05, 0) is 12.3 Å². The van der Waals surface area contributed by atoms with Gasteiger partial charge in [-0.1, -0.05) is 26.8 Å². The lowest BCUT2D eigenvalue weighted by atomic mass is 9.88. The van der Waals surface area contributed by atoms with E-state index in [9.17, 15) is 0 Å². The summed E-state index contributed by atoms with van der Waals surface area (Å²) in [4.78, 5) is 0. The van der Waals surface area contributed by atoms with Crippen LogP contribution in [0, 0.1) is 5.41 Å². The normalized spacial score (nSPS) is 14.8. The Morgan fingerprint density at radius 2 is 2.00 bits per heavy atom. The molecular weight excluding hydrogens is 122 g/mol. The van der Waals surface area contributed by atoms with Crippen LogP contribution in [0.15, 0.2) is 12.7 Å². The van der Waals surface area contributed by atoms with E-state index in [4.69, 9.17) is 0 Å². The second-order valence-corrected chi connectivity index (χ2v) is 3.78. The minimum atomic E-state index is 0.350. The quantitative estimate of drug-likeness (QED) is 0.594. The molecule has 0 aliphatic carbocycles. The van der Waals surface area contributed by atoms with Crippen LogP contribution in [0.3, 0.4) is 0 Å². The van der Waals surface area contributed by atoms with Crippen molar-refractivity contribution in [2.75, 3.05) is 6.54 Å². The third-order valence-corrected chi connectivity index (χ3v) is 1.87. The highest BCUT2D eigenvalue weighted by molar-refractivity contribution is 4.79. The van der Waals surface area contributed by atoms with Crippen LogP contribution in [0.25, 0.3) is 0 Å². The molecule has 0 radical (unpaired) electrons. The summed E-state index contributed by atoms with van der Waals surface area (Å²) < 4.78 is 0. The molecule has 0 spiro atoms. The van der Waals surface area contributed by atoms with Crippen LogP contribution in [0.2, 0.25) is 0 Å². The van der Waals surface area contributed by atoms with E-state index < -0.39 is 0 Å². The van der Waals surface area contributed by atoms with Crippen molar-refractivity contribution >= 4 is 0 Å². The summed E-state index contributed by atoms with van der Waals surface area (Å²) >= 11 is 0. The van der Waals surface area contributed by atoms with Gasteiger partial charge >= 0.3 is 0 Å². The minimum Gasteiger partial charge on any atom is -0.310 e. The zero-order valence-corrected chi connectivity index (χ0v) is 7.57. The maximum atomic E-state index is 3.65. The Kier molecular flexibility index (Phi) is 3.66. The minimum absolute atomic E-state index is 0.350. The third kappa shape index (κ3) is 3.67. The first-order chi connectivity index (χ1) is 4.48. The van der Waals surface area contributed by atoms with Gasteiger partial charge < -0.3 is 5.32 Å². The highest BCUT2D eigenvalue weighted by Gasteiger charge is 2.17. The first kappa shape index (κ1) is 9.70. The van der Waals surface area contributed by atoms with E-state index in [0.29, 0.717) is 11.5 Å². The van der Waals surface area contributed by atoms with Crippen molar-refractivity contribution in [2.45, 2.75) is 33.7 Å². The topological polar surface area (TPSA) is 12.0 Å². The van der Waals surface area contributed by atoms with Gasteiger partial charge in [0.1, 0.15) is 0 Å². The van der Waals surface area contributed by atoms with E-state index in [-0.39, 0.29) is 0 Å². The molecule has 1 nitrogen and oxygen atoms in total. The Morgan fingerprint density at radius 1 is 1.50 bits per heavy atom. The summed E-state index contributed by atoms with van der Waals surface area (Å²) in [5.41, 5.74) is 0.350. The number of rotatable bonds is 3. The summed E-state index contributed by atoms with van der Waals surface area (Å²) in [6, 6.07) is 0.547. The molecule has 1 atom stereocenters. The number of hydrogen-bond acceptors (Lipinski definition) is 1. The molecular formula is C9H19N. The van der Waals surface area contributed by atoms with E-state index in [1.165, 1.54) is 0 Å². The van der Waals surface area contributed by atoms with Gasteiger partial charge in [0.2, 0.25) is 0 Å². The Morgan fingerprint density at radius 3 is 2.30 bits per heavy atom. The van der Waals surface area contributed by atoms with Crippen LogP contribution in [-0.4, -0.2) is 12.6 Å². The Hall–Kier alpha value is -0.300. The molecule has 60 valence electrons. The van der Waals surface area contributed by atoms with E-state index in [0.717, 1.165) is 6.54 Å². The molecule has 0 aromatic carbocycles. The first-order valence-corrected chi connectivity index (χ1v) is 3.82. The molecule has 1 unspecified atom stereocenters. The molecule has 0 heterocycles. The second kappa shape index (κ2) is 3.77. The molecule has 0 saturated carbocycles. The van der Waals surface area contributed by atoms with Crippen LogP contribution < -0.4 is 5.32 Å². The van der Waals surface area contributed by atoms with Crippen molar-refractivity contribution in [3.8, 4) is 0 Å². The van der Waals surface area contributed by atoms with Crippen molar-refractivity contribution in [3.05, 3.63) is 12.7 Å². The predicted molar refractivity (Wildman–Crippen MR) is 47.1 cm³/mol. The lowest BCUT2D eigenvalue weighted by Gasteiger charge is -2.27. The number of hydrogen-bond donors (Lipinski definition) is 1. The lowest BCUT2D eigenvalue weighted by Crippen LogP contribution is -2.37. The summed E-state index contributed by atoms with van der Waals surface area (Å²) in [7, 11) is 0. The standard InChI is InChI=1S/C9H19N/c1-6-7-10-8(2)9(3,4)5/h6,8,10H,1,7H2,2-5H3. The van der Waals surface area contributed by atoms with Gasteiger partial charge in [-0.3, -0.25) is 0 Å². The number of nitrogens with one attached hydrogen (secondary N) is 1. The Bertz CT molecular complexity index is 99.8. The monoisotopic (exact) mass is 141 g/mol.